The minimum Gasteiger partial charge on any atom is -0.497 e. The summed E-state index contributed by atoms with van der Waals surface area (Å²) in [6.45, 7) is 3.93. The number of aryl methyl sites for hydroxylation is 2. The molecule has 0 aliphatic carbocycles. The lowest BCUT2D eigenvalue weighted by atomic mass is 10.0. The van der Waals surface area contributed by atoms with E-state index in [1.54, 1.807) is 31.4 Å². The number of benzene rings is 3. The van der Waals surface area contributed by atoms with Crippen LogP contribution in [-0.4, -0.2) is 15.5 Å². The average Bonchev–Trinajstić information content (AvgIpc) is 3.21. The van der Waals surface area contributed by atoms with Gasteiger partial charge in [-0.1, -0.05) is 35.3 Å². The molecule has 0 bridgehead atoms. The molecule has 0 aliphatic rings. The molecule has 1 aromatic heterocycles. The molecule has 0 atom stereocenters. The van der Waals surface area contributed by atoms with Gasteiger partial charge in [0.05, 0.1) is 12.0 Å². The summed E-state index contributed by atoms with van der Waals surface area (Å²) in [6, 6.07) is 20.4. The van der Waals surface area contributed by atoms with Gasteiger partial charge in [0.25, 0.3) is 0 Å². The van der Waals surface area contributed by atoms with Gasteiger partial charge in [-0.15, -0.1) is 11.3 Å². The Labute approximate surface area is 214 Å². The van der Waals surface area contributed by atoms with Gasteiger partial charge in [-0.3, -0.25) is 0 Å². The number of ether oxygens (including phenoxy) is 1. The molecule has 0 saturated heterocycles. The van der Waals surface area contributed by atoms with Crippen LogP contribution in [0.5, 0.6) is 5.75 Å². The van der Waals surface area contributed by atoms with Crippen LogP contribution >= 0.6 is 34.5 Å². The molecule has 0 amide bonds. The van der Waals surface area contributed by atoms with Crippen molar-refractivity contribution in [2.75, 3.05) is 7.11 Å². The van der Waals surface area contributed by atoms with E-state index in [-0.39, 0.29) is 11.4 Å². The van der Waals surface area contributed by atoms with Gasteiger partial charge in [0.15, 0.2) is 0 Å². The van der Waals surface area contributed by atoms with Gasteiger partial charge in [-0.05, 0) is 85.1 Å². The zero-order chi connectivity index (χ0) is 24.5. The third-order valence-corrected chi connectivity index (χ3v) is 8.41. The smallest absolute Gasteiger partial charge is 0.240 e. The molecule has 4 nitrogen and oxygen atoms in total. The van der Waals surface area contributed by atoms with Gasteiger partial charge in [-0.25, -0.2) is 13.1 Å². The zero-order valence-corrected chi connectivity index (χ0v) is 22.0. The van der Waals surface area contributed by atoms with Crippen molar-refractivity contribution >= 4 is 44.6 Å². The first kappa shape index (κ1) is 24.8. The fourth-order valence-electron chi connectivity index (χ4n) is 3.73. The van der Waals surface area contributed by atoms with Crippen molar-refractivity contribution in [3.05, 3.63) is 92.8 Å². The molecular weight excluding hydrogens is 509 g/mol. The molecule has 4 aromatic rings. The predicted molar refractivity (Wildman–Crippen MR) is 142 cm³/mol. The topological polar surface area (TPSA) is 55.4 Å². The van der Waals surface area contributed by atoms with Gasteiger partial charge < -0.3 is 4.74 Å². The number of hydrogen-bond acceptors (Lipinski definition) is 4. The predicted octanol–water partition coefficient (Wildman–Crippen LogP) is 7.49. The summed E-state index contributed by atoms with van der Waals surface area (Å²) in [5.41, 5.74) is 4.53. The van der Waals surface area contributed by atoms with E-state index in [0.29, 0.717) is 10.0 Å². The minimum absolute atomic E-state index is 0.161. The Balaban J connectivity index is 1.71. The second kappa shape index (κ2) is 10.1. The summed E-state index contributed by atoms with van der Waals surface area (Å²) in [4.78, 5) is 2.10. The van der Waals surface area contributed by atoms with Gasteiger partial charge in [0.1, 0.15) is 5.75 Å². The quantitative estimate of drug-likeness (QED) is 0.268. The molecule has 8 heteroatoms. The second-order valence-corrected chi connectivity index (χ2v) is 11.7. The van der Waals surface area contributed by atoms with E-state index in [4.69, 9.17) is 27.9 Å². The first-order valence-corrected chi connectivity index (χ1v) is 13.5. The first-order chi connectivity index (χ1) is 16.2. The summed E-state index contributed by atoms with van der Waals surface area (Å²) >= 11 is 14.2. The second-order valence-electron chi connectivity index (χ2n) is 7.96. The Morgan fingerprint density at radius 1 is 0.882 bits per heavy atom. The van der Waals surface area contributed by atoms with Crippen molar-refractivity contribution < 1.29 is 13.2 Å². The number of nitrogens with one attached hydrogen (secondary N) is 1. The fourth-order valence-corrected chi connectivity index (χ4v) is 6.64. The number of hydrogen-bond donors (Lipinski definition) is 1. The zero-order valence-electron chi connectivity index (χ0n) is 18.9. The molecule has 1 N–H and O–H groups in total. The number of rotatable bonds is 7. The normalized spacial score (nSPS) is 11.6. The maximum Gasteiger partial charge on any atom is 0.240 e. The molecular formula is C26H23Cl2NO3S2. The van der Waals surface area contributed by atoms with Gasteiger partial charge >= 0.3 is 0 Å². The highest BCUT2D eigenvalue weighted by molar-refractivity contribution is 7.89. The Morgan fingerprint density at radius 3 is 2.18 bits per heavy atom. The largest absolute Gasteiger partial charge is 0.497 e. The Bertz CT molecular complexity index is 1430. The van der Waals surface area contributed by atoms with Crippen LogP contribution in [0.1, 0.15) is 16.0 Å². The number of methoxy groups -OCH3 is 1. The fraction of sp³-hybridized carbons (Fsp3) is 0.154. The summed E-state index contributed by atoms with van der Waals surface area (Å²) in [6.07, 6.45) is 0. The summed E-state index contributed by atoms with van der Waals surface area (Å²) in [5, 5.41) is 1.08. The highest BCUT2D eigenvalue weighted by Gasteiger charge is 2.19. The van der Waals surface area contributed by atoms with E-state index >= 15 is 0 Å². The lowest BCUT2D eigenvalue weighted by Gasteiger charge is -2.08. The van der Waals surface area contributed by atoms with Gasteiger partial charge in [-0.2, -0.15) is 0 Å². The van der Waals surface area contributed by atoms with Crippen LogP contribution in [0.3, 0.4) is 0 Å². The third-order valence-electron chi connectivity index (χ3n) is 5.30. The van der Waals surface area contributed by atoms with Crippen LogP contribution in [0, 0.1) is 13.8 Å². The van der Waals surface area contributed by atoms with Crippen LogP contribution in [0.15, 0.2) is 71.6 Å². The monoisotopic (exact) mass is 531 g/mol. The van der Waals surface area contributed by atoms with Crippen LogP contribution in [0.2, 0.25) is 10.0 Å². The molecule has 0 saturated carbocycles. The maximum atomic E-state index is 12.9. The lowest BCUT2D eigenvalue weighted by Crippen LogP contribution is -2.23. The number of halogens is 2. The molecule has 0 aliphatic heterocycles. The molecule has 34 heavy (non-hydrogen) atoms. The molecule has 0 fully saturated rings. The molecule has 0 spiro atoms. The van der Waals surface area contributed by atoms with Crippen molar-refractivity contribution in [3.8, 4) is 27.3 Å². The summed E-state index contributed by atoms with van der Waals surface area (Å²) < 4.78 is 33.9. The first-order valence-electron chi connectivity index (χ1n) is 10.5. The average molecular weight is 533 g/mol. The van der Waals surface area contributed by atoms with Crippen molar-refractivity contribution in [3.63, 3.8) is 0 Å². The molecule has 3 aromatic carbocycles. The third kappa shape index (κ3) is 5.48. The van der Waals surface area contributed by atoms with Crippen LogP contribution in [0.4, 0.5) is 0 Å². The van der Waals surface area contributed by atoms with E-state index < -0.39 is 10.0 Å². The lowest BCUT2D eigenvalue weighted by molar-refractivity contribution is 0.415. The van der Waals surface area contributed by atoms with Crippen molar-refractivity contribution in [2.45, 2.75) is 25.3 Å². The van der Waals surface area contributed by atoms with E-state index in [9.17, 15) is 8.42 Å². The van der Waals surface area contributed by atoms with Crippen LogP contribution in [-0.2, 0) is 16.6 Å². The Kier molecular flexibility index (Phi) is 7.36. The van der Waals surface area contributed by atoms with Crippen molar-refractivity contribution in [2.24, 2.45) is 0 Å². The Hall–Kier alpha value is -2.35. The standard InChI is InChI=1S/C26H23Cl2NO3S2/c1-16-10-17(2)12-22(11-16)34(30,31)29-15-21-14-24(23-9-6-19(27)13-25(23)28)26(33-21)18-4-7-20(32-3)8-5-18/h4-14,29H,15H2,1-3H3. The van der Waals surface area contributed by atoms with Gasteiger partial charge in [0, 0.05) is 37.5 Å². The van der Waals surface area contributed by atoms with Crippen molar-refractivity contribution in [1.82, 2.24) is 4.72 Å². The van der Waals surface area contributed by atoms with E-state index in [2.05, 4.69) is 4.72 Å². The van der Waals surface area contributed by atoms with E-state index in [1.807, 2.05) is 56.3 Å². The number of sulfonamides is 1. The summed E-state index contributed by atoms with van der Waals surface area (Å²) in [7, 11) is -2.04. The Morgan fingerprint density at radius 2 is 1.56 bits per heavy atom. The SMILES string of the molecule is COc1ccc(-c2sc(CNS(=O)(=O)c3cc(C)cc(C)c3)cc2-c2ccc(Cl)cc2Cl)cc1. The molecule has 1 heterocycles. The van der Waals surface area contributed by atoms with Crippen molar-refractivity contribution in [1.29, 1.82) is 0 Å². The number of thiophene rings is 1. The molecule has 176 valence electrons. The van der Waals surface area contributed by atoms with E-state index in [1.165, 1.54) is 11.3 Å². The van der Waals surface area contributed by atoms with E-state index in [0.717, 1.165) is 43.3 Å². The maximum absolute atomic E-state index is 12.9. The molecule has 0 unspecified atom stereocenters. The molecule has 4 rings (SSSR count). The van der Waals surface area contributed by atoms with Crippen LogP contribution < -0.4 is 9.46 Å². The highest BCUT2D eigenvalue weighted by Crippen LogP contribution is 2.43. The highest BCUT2D eigenvalue weighted by atomic mass is 35.5. The summed E-state index contributed by atoms with van der Waals surface area (Å²) in [5.74, 6) is 0.757. The van der Waals surface area contributed by atoms with Gasteiger partial charge in [0.2, 0.25) is 10.0 Å². The molecule has 0 radical (unpaired) electrons. The van der Waals surface area contributed by atoms with Crippen LogP contribution in [0.25, 0.3) is 21.6 Å². The minimum atomic E-state index is -3.66.